The molecule has 4 rings (SSSR count). The van der Waals surface area contributed by atoms with Gasteiger partial charge in [0.15, 0.2) is 0 Å². The number of nitrogens with zero attached hydrogens (tertiary/aromatic N) is 5. The van der Waals surface area contributed by atoms with Crippen LogP contribution in [0.25, 0.3) is 11.0 Å². The van der Waals surface area contributed by atoms with E-state index in [1.54, 1.807) is 0 Å². The third-order valence-corrected chi connectivity index (χ3v) is 5.17. The van der Waals surface area contributed by atoms with Crippen LogP contribution in [-0.2, 0) is 6.54 Å². The molecule has 3 heterocycles. The number of aryl methyl sites for hydroxylation is 2. The molecular formula is C18H24N6. The Labute approximate surface area is 141 Å². The van der Waals surface area contributed by atoms with Gasteiger partial charge in [-0.25, -0.2) is 4.98 Å². The fourth-order valence-electron chi connectivity index (χ4n) is 3.60. The van der Waals surface area contributed by atoms with Crippen molar-refractivity contribution < 1.29 is 0 Å². The summed E-state index contributed by atoms with van der Waals surface area (Å²) in [5.41, 5.74) is 3.53. The van der Waals surface area contributed by atoms with Crippen molar-refractivity contribution in [1.29, 1.82) is 0 Å². The van der Waals surface area contributed by atoms with E-state index in [-0.39, 0.29) is 0 Å². The third-order valence-electron chi connectivity index (χ3n) is 5.17. The van der Waals surface area contributed by atoms with Gasteiger partial charge < -0.3 is 14.5 Å². The van der Waals surface area contributed by atoms with Crippen LogP contribution in [0.4, 0.5) is 0 Å². The lowest BCUT2D eigenvalue weighted by Gasteiger charge is -2.31. The van der Waals surface area contributed by atoms with Gasteiger partial charge in [-0.1, -0.05) is 12.1 Å². The highest BCUT2D eigenvalue weighted by Gasteiger charge is 2.23. The number of benzene rings is 1. The second kappa shape index (κ2) is 6.36. The molecule has 0 saturated carbocycles. The molecule has 1 aromatic carbocycles. The lowest BCUT2D eigenvalue weighted by atomic mass is 9.96. The van der Waals surface area contributed by atoms with E-state index in [1.165, 1.54) is 18.4 Å². The summed E-state index contributed by atoms with van der Waals surface area (Å²) < 4.78 is 2.12. The van der Waals surface area contributed by atoms with Crippen LogP contribution >= 0.6 is 0 Å². The molecule has 0 radical (unpaired) electrons. The van der Waals surface area contributed by atoms with Crippen LogP contribution in [-0.4, -0.2) is 49.3 Å². The van der Waals surface area contributed by atoms with Crippen LogP contribution in [0.1, 0.15) is 36.0 Å². The number of para-hydroxylation sites is 1. The minimum absolute atomic E-state index is 0.546. The molecule has 0 unspecified atom stereocenters. The Morgan fingerprint density at radius 1 is 1.17 bits per heavy atom. The third kappa shape index (κ3) is 2.94. The quantitative estimate of drug-likeness (QED) is 0.801. The Morgan fingerprint density at radius 3 is 2.71 bits per heavy atom. The number of rotatable bonds is 4. The summed E-state index contributed by atoms with van der Waals surface area (Å²) in [6.07, 6.45) is 4.15. The van der Waals surface area contributed by atoms with Crippen LogP contribution < -0.4 is 0 Å². The molecular weight excluding hydrogens is 300 g/mol. The minimum atomic E-state index is 0.546. The van der Waals surface area contributed by atoms with Crippen molar-refractivity contribution in [1.82, 2.24) is 29.6 Å². The SMILES string of the molecule is Cc1cccc2[nH]c(C3CCN(CCn4cnnc4C)CC3)nc12. The fraction of sp³-hybridized carbons (Fsp3) is 0.500. The van der Waals surface area contributed by atoms with E-state index >= 15 is 0 Å². The average Bonchev–Trinajstić information content (AvgIpc) is 3.20. The molecule has 0 spiro atoms. The largest absolute Gasteiger partial charge is 0.342 e. The van der Waals surface area contributed by atoms with E-state index in [4.69, 9.17) is 4.98 Å². The molecule has 0 bridgehead atoms. The Balaban J connectivity index is 1.37. The van der Waals surface area contributed by atoms with Crippen molar-refractivity contribution in [3.63, 3.8) is 0 Å². The van der Waals surface area contributed by atoms with Gasteiger partial charge in [0.25, 0.3) is 0 Å². The summed E-state index contributed by atoms with van der Waals surface area (Å²) >= 11 is 0. The highest BCUT2D eigenvalue weighted by atomic mass is 15.3. The van der Waals surface area contributed by atoms with Crippen molar-refractivity contribution in [3.8, 4) is 0 Å². The maximum Gasteiger partial charge on any atom is 0.129 e. The second-order valence-corrected chi connectivity index (χ2v) is 6.78. The first-order valence-corrected chi connectivity index (χ1v) is 8.72. The van der Waals surface area contributed by atoms with E-state index in [1.807, 2.05) is 13.3 Å². The number of hydrogen-bond acceptors (Lipinski definition) is 4. The number of fused-ring (bicyclic) bond motifs is 1. The molecule has 1 aliphatic rings. The number of imidazole rings is 1. The summed E-state index contributed by atoms with van der Waals surface area (Å²) in [6.45, 7) is 8.41. The maximum atomic E-state index is 4.86. The minimum Gasteiger partial charge on any atom is -0.342 e. The Morgan fingerprint density at radius 2 is 2.00 bits per heavy atom. The summed E-state index contributed by atoms with van der Waals surface area (Å²) in [4.78, 5) is 10.9. The first kappa shape index (κ1) is 15.3. The Hall–Kier alpha value is -2.21. The van der Waals surface area contributed by atoms with Crippen molar-refractivity contribution in [2.45, 2.75) is 39.2 Å². The number of aromatic nitrogens is 5. The van der Waals surface area contributed by atoms with Crippen LogP contribution in [0.15, 0.2) is 24.5 Å². The van der Waals surface area contributed by atoms with E-state index in [0.717, 1.165) is 48.9 Å². The number of nitrogens with one attached hydrogen (secondary N) is 1. The van der Waals surface area contributed by atoms with Gasteiger partial charge >= 0.3 is 0 Å². The molecule has 1 aliphatic heterocycles. The van der Waals surface area contributed by atoms with E-state index in [0.29, 0.717) is 5.92 Å². The van der Waals surface area contributed by atoms with Crippen molar-refractivity contribution in [2.24, 2.45) is 0 Å². The molecule has 6 heteroatoms. The van der Waals surface area contributed by atoms with Gasteiger partial charge in [0.2, 0.25) is 0 Å². The number of hydrogen-bond donors (Lipinski definition) is 1. The lowest BCUT2D eigenvalue weighted by Crippen LogP contribution is -2.35. The van der Waals surface area contributed by atoms with E-state index in [9.17, 15) is 0 Å². The molecule has 1 saturated heterocycles. The van der Waals surface area contributed by atoms with Crippen molar-refractivity contribution >= 4 is 11.0 Å². The van der Waals surface area contributed by atoms with E-state index < -0.39 is 0 Å². The maximum absolute atomic E-state index is 4.86. The van der Waals surface area contributed by atoms with Crippen molar-refractivity contribution in [2.75, 3.05) is 19.6 Å². The molecule has 0 amide bonds. The van der Waals surface area contributed by atoms with Gasteiger partial charge in [-0.3, -0.25) is 0 Å². The number of piperidine rings is 1. The Kier molecular flexibility index (Phi) is 4.06. The molecule has 3 aromatic rings. The predicted molar refractivity (Wildman–Crippen MR) is 94.0 cm³/mol. The molecule has 126 valence electrons. The molecule has 24 heavy (non-hydrogen) atoms. The average molecular weight is 324 g/mol. The van der Waals surface area contributed by atoms with Gasteiger partial charge in [-0.2, -0.15) is 0 Å². The smallest absolute Gasteiger partial charge is 0.129 e. The first-order valence-electron chi connectivity index (χ1n) is 8.72. The monoisotopic (exact) mass is 324 g/mol. The van der Waals surface area contributed by atoms with Gasteiger partial charge in [0, 0.05) is 19.0 Å². The van der Waals surface area contributed by atoms with Gasteiger partial charge in [-0.05, 0) is 51.4 Å². The number of likely N-dealkylation sites (tertiary alicyclic amines) is 1. The van der Waals surface area contributed by atoms with Crippen LogP contribution in [0.5, 0.6) is 0 Å². The van der Waals surface area contributed by atoms with Crippen LogP contribution in [0.2, 0.25) is 0 Å². The predicted octanol–water partition coefficient (Wildman–Crippen LogP) is 2.65. The number of H-pyrrole nitrogens is 1. The van der Waals surface area contributed by atoms with Gasteiger partial charge in [0.1, 0.15) is 18.0 Å². The fourth-order valence-corrected chi connectivity index (χ4v) is 3.60. The summed E-state index contributed by atoms with van der Waals surface area (Å²) in [5, 5.41) is 7.99. The van der Waals surface area contributed by atoms with E-state index in [2.05, 4.69) is 49.8 Å². The lowest BCUT2D eigenvalue weighted by molar-refractivity contribution is 0.202. The van der Waals surface area contributed by atoms with Crippen LogP contribution in [0.3, 0.4) is 0 Å². The van der Waals surface area contributed by atoms with Crippen molar-refractivity contribution in [3.05, 3.63) is 41.7 Å². The summed E-state index contributed by atoms with van der Waals surface area (Å²) in [6, 6.07) is 6.34. The Bertz CT molecular complexity index is 825. The highest BCUT2D eigenvalue weighted by molar-refractivity contribution is 5.78. The zero-order chi connectivity index (χ0) is 16.5. The molecule has 2 aromatic heterocycles. The number of aromatic amines is 1. The highest BCUT2D eigenvalue weighted by Crippen LogP contribution is 2.28. The van der Waals surface area contributed by atoms with Crippen LogP contribution in [0, 0.1) is 13.8 Å². The zero-order valence-corrected chi connectivity index (χ0v) is 14.4. The normalized spacial score (nSPS) is 16.9. The molecule has 0 aliphatic carbocycles. The molecule has 6 nitrogen and oxygen atoms in total. The summed E-state index contributed by atoms with van der Waals surface area (Å²) in [7, 11) is 0. The topological polar surface area (TPSA) is 62.6 Å². The van der Waals surface area contributed by atoms with Gasteiger partial charge in [-0.15, -0.1) is 10.2 Å². The molecule has 1 N–H and O–H groups in total. The standard InChI is InChI=1S/C18H24N6/c1-13-4-3-5-16-17(13)21-18(20-16)15-6-8-23(9-7-15)10-11-24-12-19-22-14(24)2/h3-5,12,15H,6-11H2,1-2H3,(H,20,21). The first-order chi connectivity index (χ1) is 11.7. The molecule has 0 atom stereocenters. The zero-order valence-electron chi connectivity index (χ0n) is 14.4. The second-order valence-electron chi connectivity index (χ2n) is 6.78. The molecule has 1 fully saturated rings. The summed E-state index contributed by atoms with van der Waals surface area (Å²) in [5.74, 6) is 2.70. The van der Waals surface area contributed by atoms with Gasteiger partial charge in [0.05, 0.1) is 11.0 Å².